The van der Waals surface area contributed by atoms with Gasteiger partial charge >= 0.3 is 135 Å². The summed E-state index contributed by atoms with van der Waals surface area (Å²) < 4.78 is 68.4. The minimum Gasteiger partial charge on any atom is -0.741 e. The number of methoxy groups -OCH3 is 1. The van der Waals surface area contributed by atoms with E-state index < -0.39 is 29.5 Å². The molecule has 3 aromatic rings. The second-order valence-electron chi connectivity index (χ2n) is 5.51. The fraction of sp³-hybridized carbons (Fsp3) is 0.100. The van der Waals surface area contributed by atoms with Gasteiger partial charge < -0.3 is 4.55 Å². The number of rotatable bonds is 4. The number of benzene rings is 3. The van der Waals surface area contributed by atoms with Crippen molar-refractivity contribution in [1.29, 1.82) is 0 Å². The minimum atomic E-state index is -6.09. The van der Waals surface area contributed by atoms with E-state index in [-0.39, 0.29) is 0 Å². The summed E-state index contributed by atoms with van der Waals surface area (Å²) in [5.74, 6) is 0.908. The second kappa shape index (κ2) is 9.93. The van der Waals surface area contributed by atoms with E-state index in [4.69, 9.17) is 17.7 Å². The quantitative estimate of drug-likeness (QED) is 0.321. The van der Waals surface area contributed by atoms with Crippen LogP contribution in [0, 0.1) is 0 Å². The summed E-state index contributed by atoms with van der Waals surface area (Å²) in [6.45, 7) is 0. The van der Waals surface area contributed by atoms with Gasteiger partial charge in [0.15, 0.2) is 10.1 Å². The molecular weight excluding hydrogens is 472 g/mol. The molecule has 0 atom stereocenters. The Morgan fingerprint density at radius 3 is 1.41 bits per heavy atom. The third-order valence-corrected chi connectivity index (χ3v) is 8.78. The van der Waals surface area contributed by atoms with Gasteiger partial charge in [-0.2, -0.15) is 13.2 Å². The van der Waals surface area contributed by atoms with Gasteiger partial charge in [0, 0.05) is 0 Å². The smallest absolute Gasteiger partial charge is 0.485 e. The van der Waals surface area contributed by atoms with E-state index in [1.165, 1.54) is 13.4 Å². The van der Waals surface area contributed by atoms with Crippen molar-refractivity contribution < 1.29 is 30.9 Å². The van der Waals surface area contributed by atoms with E-state index in [0.29, 0.717) is 0 Å². The molecule has 0 amide bonds. The van der Waals surface area contributed by atoms with Crippen LogP contribution in [0.25, 0.3) is 0 Å². The van der Waals surface area contributed by atoms with E-state index >= 15 is 0 Å². The Morgan fingerprint density at radius 2 is 1.10 bits per heavy atom. The van der Waals surface area contributed by atoms with Crippen LogP contribution in [0.3, 0.4) is 0 Å². The Kier molecular flexibility index (Phi) is 7.87. The minimum absolute atomic E-state index is 0.908. The zero-order valence-corrected chi connectivity index (χ0v) is 17.7. The SMILES string of the molecule is COc1ccc([Se+](c2ccccc2)c2ccccc2)cc1.O=S(=O)([O-])C(F)(F)F. The molecule has 0 unspecified atom stereocenters. The summed E-state index contributed by atoms with van der Waals surface area (Å²) in [5, 5.41) is 0. The molecule has 0 aromatic heterocycles. The average Bonchev–Trinajstić information content (AvgIpc) is 2.69. The molecule has 0 aliphatic rings. The maximum absolute atomic E-state index is 10.7. The molecule has 0 fully saturated rings. The maximum Gasteiger partial charge on any atom is 0.485 e. The molecule has 29 heavy (non-hydrogen) atoms. The summed E-state index contributed by atoms with van der Waals surface area (Å²) in [5.41, 5.74) is -5.65. The largest absolute Gasteiger partial charge is 0.741 e. The number of halogens is 3. The van der Waals surface area contributed by atoms with E-state index in [0.717, 1.165) is 5.75 Å². The molecule has 0 saturated carbocycles. The van der Waals surface area contributed by atoms with E-state index in [1.807, 2.05) is 0 Å². The molecule has 4 nitrogen and oxygen atoms in total. The average molecular weight is 489 g/mol. The predicted molar refractivity (Wildman–Crippen MR) is 106 cm³/mol. The van der Waals surface area contributed by atoms with Crippen molar-refractivity contribution >= 4 is 37.4 Å². The van der Waals surface area contributed by atoms with Gasteiger partial charge in [-0.1, -0.05) is 0 Å². The zero-order valence-electron chi connectivity index (χ0n) is 15.2. The van der Waals surface area contributed by atoms with Crippen molar-refractivity contribution in [2.24, 2.45) is 0 Å². The van der Waals surface area contributed by atoms with Crippen molar-refractivity contribution in [3.8, 4) is 5.75 Å². The van der Waals surface area contributed by atoms with Crippen LogP contribution in [-0.2, 0) is 10.1 Å². The Labute approximate surface area is 171 Å². The van der Waals surface area contributed by atoms with Gasteiger partial charge in [-0.05, 0) is 0 Å². The fourth-order valence-electron chi connectivity index (χ4n) is 2.23. The Hall–Kier alpha value is -2.32. The van der Waals surface area contributed by atoms with Crippen LogP contribution < -0.4 is 18.1 Å². The summed E-state index contributed by atoms with van der Waals surface area (Å²) in [6, 6.07) is 30.1. The Morgan fingerprint density at radius 1 is 0.759 bits per heavy atom. The van der Waals surface area contributed by atoms with Crippen molar-refractivity contribution in [2.75, 3.05) is 7.11 Å². The van der Waals surface area contributed by atoms with Crippen molar-refractivity contribution in [2.45, 2.75) is 5.51 Å². The van der Waals surface area contributed by atoms with Crippen LogP contribution in [-0.4, -0.2) is 39.5 Å². The molecule has 0 spiro atoms. The van der Waals surface area contributed by atoms with Gasteiger partial charge in [0.25, 0.3) is 0 Å². The van der Waals surface area contributed by atoms with Gasteiger partial charge in [-0.25, -0.2) is 8.42 Å². The summed E-state index contributed by atoms with van der Waals surface area (Å²) in [4.78, 5) is 0. The van der Waals surface area contributed by atoms with Crippen LogP contribution >= 0.6 is 0 Å². The van der Waals surface area contributed by atoms with Gasteiger partial charge in [-0.15, -0.1) is 0 Å². The summed E-state index contributed by atoms with van der Waals surface area (Å²) >= 11 is -1.23. The predicted octanol–water partition coefficient (Wildman–Crippen LogP) is 2.26. The molecule has 0 aliphatic carbocycles. The zero-order chi connectivity index (χ0) is 21.5. The first kappa shape index (κ1) is 23.0. The first-order chi connectivity index (χ1) is 13.6. The van der Waals surface area contributed by atoms with E-state index in [2.05, 4.69) is 84.9 Å². The number of hydrogen-bond donors (Lipinski definition) is 0. The first-order valence-electron chi connectivity index (χ1n) is 8.14. The van der Waals surface area contributed by atoms with Crippen LogP contribution in [0.5, 0.6) is 5.75 Å². The number of alkyl halides is 3. The van der Waals surface area contributed by atoms with Crippen LogP contribution in [0.4, 0.5) is 13.2 Å². The van der Waals surface area contributed by atoms with Gasteiger partial charge in [0.05, 0.1) is 0 Å². The number of hydrogen-bond acceptors (Lipinski definition) is 4. The maximum atomic E-state index is 10.7. The molecule has 9 heteroatoms. The summed E-state index contributed by atoms with van der Waals surface area (Å²) in [6.07, 6.45) is 0. The molecule has 154 valence electrons. The van der Waals surface area contributed by atoms with Crippen molar-refractivity contribution in [3.63, 3.8) is 0 Å². The van der Waals surface area contributed by atoms with Gasteiger partial charge in [0.2, 0.25) is 0 Å². The fourth-order valence-corrected chi connectivity index (χ4v) is 6.60. The molecule has 0 radical (unpaired) electrons. The Bertz CT molecular complexity index is 954. The molecule has 3 aromatic carbocycles. The van der Waals surface area contributed by atoms with Crippen LogP contribution in [0.15, 0.2) is 84.9 Å². The van der Waals surface area contributed by atoms with Crippen molar-refractivity contribution in [1.82, 2.24) is 0 Å². The van der Waals surface area contributed by atoms with Gasteiger partial charge in [-0.3, -0.25) is 0 Å². The molecule has 0 saturated heterocycles. The normalized spacial score (nSPS) is 11.5. The monoisotopic (exact) mass is 490 g/mol. The van der Waals surface area contributed by atoms with E-state index in [1.54, 1.807) is 7.11 Å². The molecule has 0 bridgehead atoms. The van der Waals surface area contributed by atoms with Crippen molar-refractivity contribution in [3.05, 3.63) is 84.9 Å². The molecule has 0 N–H and O–H groups in total. The van der Waals surface area contributed by atoms with Crippen LogP contribution in [0.1, 0.15) is 0 Å². The molecular formula is C20H17F3O4SSe. The standard InChI is InChI=1S/C19H17OSe.CHF3O3S/c1-20-16-12-14-19(15-13-16)21(17-8-4-2-5-9-17)18-10-6-3-7-11-18;2-1(3,4)8(5,6)7/h2-15H,1H3;(H,5,6,7)/q+1;/p-1. The first-order valence-corrected chi connectivity index (χ1v) is 12.1. The van der Waals surface area contributed by atoms with E-state index in [9.17, 15) is 13.2 Å². The molecule has 3 rings (SSSR count). The van der Waals surface area contributed by atoms with Crippen LogP contribution in [0.2, 0.25) is 0 Å². The Balaban J connectivity index is 0.000000321. The third kappa shape index (κ3) is 6.61. The summed E-state index contributed by atoms with van der Waals surface area (Å²) in [7, 11) is -4.38. The number of ether oxygens (including phenoxy) is 1. The third-order valence-electron chi connectivity index (χ3n) is 3.54. The van der Waals surface area contributed by atoms with Gasteiger partial charge in [0.1, 0.15) is 0 Å². The molecule has 0 aliphatic heterocycles. The topological polar surface area (TPSA) is 66.4 Å². The molecule has 0 heterocycles. The second-order valence-corrected chi connectivity index (χ2v) is 11.1.